The molecular formula is C5H5ClN2O2. The van der Waals surface area contributed by atoms with Crippen molar-refractivity contribution in [3.8, 4) is 5.88 Å². The molecule has 1 aromatic heterocycles. The predicted octanol–water partition coefficient (Wildman–Crippen LogP) is 0.432. The third kappa shape index (κ3) is 1.27. The summed E-state index contributed by atoms with van der Waals surface area (Å²) in [6.45, 7) is 0. The van der Waals surface area contributed by atoms with Crippen molar-refractivity contribution in [3.63, 3.8) is 0 Å². The highest BCUT2D eigenvalue weighted by Gasteiger charge is 1.97. The molecule has 0 unspecified atom stereocenters. The monoisotopic (exact) mass is 160 g/mol. The highest BCUT2D eigenvalue weighted by Crippen LogP contribution is 2.06. The fourth-order valence-corrected chi connectivity index (χ4v) is 0.606. The van der Waals surface area contributed by atoms with Crippen LogP contribution in [-0.4, -0.2) is 17.3 Å². The van der Waals surface area contributed by atoms with Gasteiger partial charge in [-0.1, -0.05) is 11.6 Å². The van der Waals surface area contributed by atoms with Gasteiger partial charge in [0.2, 0.25) is 5.88 Å². The average Bonchev–Trinajstić information content (AvgIpc) is 1.95. The lowest BCUT2D eigenvalue weighted by Gasteiger charge is -1.94. The molecule has 4 nitrogen and oxygen atoms in total. The van der Waals surface area contributed by atoms with Crippen LogP contribution in [0.5, 0.6) is 5.88 Å². The molecule has 5 heteroatoms. The summed E-state index contributed by atoms with van der Waals surface area (Å²) < 4.78 is 4.68. The lowest BCUT2D eigenvalue weighted by Crippen LogP contribution is -2.08. The van der Waals surface area contributed by atoms with Crippen LogP contribution in [-0.2, 0) is 0 Å². The smallest absolute Gasteiger partial charge is 0.283 e. The zero-order valence-corrected chi connectivity index (χ0v) is 5.97. The van der Waals surface area contributed by atoms with Crippen molar-refractivity contribution < 1.29 is 4.74 Å². The molecule has 0 spiro atoms. The Morgan fingerprint density at radius 3 is 3.00 bits per heavy atom. The largest absolute Gasteiger partial charge is 0.480 e. The highest BCUT2D eigenvalue weighted by molar-refractivity contribution is 6.30. The van der Waals surface area contributed by atoms with E-state index in [1.165, 1.54) is 13.2 Å². The number of halogens is 1. The van der Waals surface area contributed by atoms with Gasteiger partial charge >= 0.3 is 0 Å². The first-order valence-corrected chi connectivity index (χ1v) is 2.91. The summed E-state index contributed by atoms with van der Waals surface area (Å²) in [4.78, 5) is 10.6. The highest BCUT2D eigenvalue weighted by atomic mass is 35.5. The predicted molar refractivity (Wildman–Crippen MR) is 36.4 cm³/mol. The number of H-pyrrole nitrogens is 1. The van der Waals surface area contributed by atoms with E-state index in [1.54, 1.807) is 0 Å². The lowest BCUT2D eigenvalue weighted by molar-refractivity contribution is 0.391. The molecule has 1 aromatic rings. The van der Waals surface area contributed by atoms with Gasteiger partial charge in [-0.05, 0) is 0 Å². The van der Waals surface area contributed by atoms with E-state index in [0.717, 1.165) is 0 Å². The van der Waals surface area contributed by atoms with Crippen LogP contribution in [0.3, 0.4) is 0 Å². The zero-order valence-electron chi connectivity index (χ0n) is 5.22. The van der Waals surface area contributed by atoms with Gasteiger partial charge < -0.3 is 4.74 Å². The third-order valence-electron chi connectivity index (χ3n) is 0.944. The van der Waals surface area contributed by atoms with Crippen LogP contribution in [0.2, 0.25) is 5.02 Å². The molecule has 1 N–H and O–H groups in total. The topological polar surface area (TPSA) is 55.0 Å². The van der Waals surface area contributed by atoms with Gasteiger partial charge in [0.05, 0.1) is 7.11 Å². The third-order valence-corrected chi connectivity index (χ3v) is 1.22. The number of hydrogen-bond donors (Lipinski definition) is 1. The van der Waals surface area contributed by atoms with E-state index >= 15 is 0 Å². The van der Waals surface area contributed by atoms with Gasteiger partial charge in [0.1, 0.15) is 5.02 Å². The number of ether oxygens (including phenoxy) is 1. The molecule has 0 aliphatic heterocycles. The standard InChI is InChI=1S/C5H5ClN2O2/c1-10-4-2-3(6)5(9)8-7-4/h2H,1H3,(H,8,9). The Morgan fingerprint density at radius 2 is 2.50 bits per heavy atom. The molecular weight excluding hydrogens is 156 g/mol. The minimum Gasteiger partial charge on any atom is -0.480 e. The summed E-state index contributed by atoms with van der Waals surface area (Å²) in [5, 5.41) is 5.75. The number of nitrogens with zero attached hydrogens (tertiary/aromatic N) is 1. The van der Waals surface area contributed by atoms with E-state index in [4.69, 9.17) is 11.6 Å². The Kier molecular flexibility index (Phi) is 1.91. The number of hydrogen-bond acceptors (Lipinski definition) is 3. The van der Waals surface area contributed by atoms with Crippen molar-refractivity contribution in [1.29, 1.82) is 0 Å². The van der Waals surface area contributed by atoms with E-state index in [1.807, 2.05) is 0 Å². The molecule has 54 valence electrons. The lowest BCUT2D eigenvalue weighted by atomic mass is 10.5. The van der Waals surface area contributed by atoms with Crippen LogP contribution in [0, 0.1) is 0 Å². The Hall–Kier alpha value is -1.03. The van der Waals surface area contributed by atoms with Crippen LogP contribution in [0.25, 0.3) is 0 Å². The molecule has 1 rings (SSSR count). The molecule has 0 aliphatic rings. The first-order chi connectivity index (χ1) is 4.74. The van der Waals surface area contributed by atoms with Crippen molar-refractivity contribution in [1.82, 2.24) is 10.2 Å². The Morgan fingerprint density at radius 1 is 1.80 bits per heavy atom. The Bertz CT molecular complexity index is 283. The van der Waals surface area contributed by atoms with Crippen LogP contribution in [0.1, 0.15) is 0 Å². The van der Waals surface area contributed by atoms with Gasteiger partial charge in [0.15, 0.2) is 0 Å². The first-order valence-electron chi connectivity index (χ1n) is 2.53. The molecule has 0 bridgehead atoms. The fraction of sp³-hybridized carbons (Fsp3) is 0.200. The van der Waals surface area contributed by atoms with E-state index in [9.17, 15) is 4.79 Å². The molecule has 0 radical (unpaired) electrons. The van der Waals surface area contributed by atoms with Gasteiger partial charge in [-0.3, -0.25) is 4.79 Å². The summed E-state index contributed by atoms with van der Waals surface area (Å²) in [7, 11) is 1.44. The van der Waals surface area contributed by atoms with Crippen LogP contribution in [0.4, 0.5) is 0 Å². The molecule has 0 atom stereocenters. The molecule has 0 aromatic carbocycles. The second kappa shape index (κ2) is 2.70. The number of aromatic nitrogens is 2. The van der Waals surface area contributed by atoms with Gasteiger partial charge in [0.25, 0.3) is 5.56 Å². The molecule has 0 saturated heterocycles. The van der Waals surface area contributed by atoms with E-state index in [-0.39, 0.29) is 5.02 Å². The summed E-state index contributed by atoms with van der Waals surface area (Å²) in [6.07, 6.45) is 0. The summed E-state index contributed by atoms with van der Waals surface area (Å²) in [5.41, 5.74) is -0.414. The molecule has 10 heavy (non-hydrogen) atoms. The molecule has 0 fully saturated rings. The van der Waals surface area contributed by atoms with E-state index < -0.39 is 5.56 Å². The van der Waals surface area contributed by atoms with Crippen molar-refractivity contribution in [2.75, 3.05) is 7.11 Å². The summed E-state index contributed by atoms with van der Waals surface area (Å²) >= 11 is 5.43. The number of aromatic amines is 1. The van der Waals surface area contributed by atoms with Gasteiger partial charge in [-0.2, -0.15) is 0 Å². The number of methoxy groups -OCH3 is 1. The van der Waals surface area contributed by atoms with Gasteiger partial charge in [-0.25, -0.2) is 5.10 Å². The van der Waals surface area contributed by atoms with Crippen molar-refractivity contribution in [2.45, 2.75) is 0 Å². The molecule has 0 aliphatic carbocycles. The minimum absolute atomic E-state index is 0.0758. The number of nitrogens with one attached hydrogen (secondary N) is 1. The molecule has 0 amide bonds. The number of rotatable bonds is 1. The Labute approximate surface area is 61.8 Å². The van der Waals surface area contributed by atoms with E-state index in [2.05, 4.69) is 14.9 Å². The maximum atomic E-state index is 10.6. The van der Waals surface area contributed by atoms with Crippen LogP contribution in [0.15, 0.2) is 10.9 Å². The summed E-state index contributed by atoms with van der Waals surface area (Å²) in [6, 6.07) is 1.35. The normalized spacial score (nSPS) is 9.40. The molecule has 0 saturated carbocycles. The SMILES string of the molecule is COc1cc(Cl)c(=O)[nH]n1. The maximum Gasteiger partial charge on any atom is 0.283 e. The zero-order chi connectivity index (χ0) is 7.56. The van der Waals surface area contributed by atoms with Crippen LogP contribution < -0.4 is 10.3 Å². The van der Waals surface area contributed by atoms with Gasteiger partial charge in [0, 0.05) is 6.07 Å². The van der Waals surface area contributed by atoms with Gasteiger partial charge in [-0.15, -0.1) is 5.10 Å². The Balaban J connectivity index is 3.17. The summed E-state index contributed by atoms with van der Waals surface area (Å²) in [5.74, 6) is 0.296. The average molecular weight is 161 g/mol. The van der Waals surface area contributed by atoms with Crippen molar-refractivity contribution in [3.05, 3.63) is 21.4 Å². The molecule has 1 heterocycles. The van der Waals surface area contributed by atoms with Crippen LogP contribution >= 0.6 is 11.6 Å². The second-order valence-corrected chi connectivity index (χ2v) is 1.99. The maximum absolute atomic E-state index is 10.6. The quantitative estimate of drug-likeness (QED) is 0.648. The van der Waals surface area contributed by atoms with Crippen molar-refractivity contribution >= 4 is 11.6 Å². The second-order valence-electron chi connectivity index (χ2n) is 1.59. The van der Waals surface area contributed by atoms with Crippen molar-refractivity contribution in [2.24, 2.45) is 0 Å². The van der Waals surface area contributed by atoms with E-state index in [0.29, 0.717) is 5.88 Å². The first kappa shape index (κ1) is 7.08. The fourth-order valence-electron chi connectivity index (χ4n) is 0.470. The minimum atomic E-state index is -0.414.